The maximum absolute atomic E-state index is 5.82. The number of thiazole rings is 1. The highest BCUT2D eigenvalue weighted by molar-refractivity contribution is 7.07. The van der Waals surface area contributed by atoms with Crippen LogP contribution >= 0.6 is 11.3 Å². The Morgan fingerprint density at radius 3 is 2.79 bits per heavy atom. The van der Waals surface area contributed by atoms with Crippen LogP contribution < -0.4 is 5.73 Å². The molecule has 0 saturated heterocycles. The fraction of sp³-hybridized carbons (Fsp3) is 0.700. The van der Waals surface area contributed by atoms with Crippen LogP contribution in [0, 0.1) is 5.92 Å². The fourth-order valence-electron chi connectivity index (χ4n) is 1.31. The van der Waals surface area contributed by atoms with Gasteiger partial charge in [-0.05, 0) is 19.9 Å². The summed E-state index contributed by atoms with van der Waals surface area (Å²) in [5.41, 5.74) is 8.84. The number of hydrogen-bond acceptors (Lipinski definition) is 4. The van der Waals surface area contributed by atoms with Gasteiger partial charge >= 0.3 is 0 Å². The van der Waals surface area contributed by atoms with Gasteiger partial charge in [-0.25, -0.2) is 4.98 Å². The molecule has 0 amide bonds. The van der Waals surface area contributed by atoms with E-state index in [-0.39, 0.29) is 6.04 Å². The van der Waals surface area contributed by atoms with Crippen LogP contribution in [0.1, 0.15) is 19.5 Å². The highest BCUT2D eigenvalue weighted by Gasteiger charge is 2.11. The molecule has 3 nitrogen and oxygen atoms in total. The smallest absolute Gasteiger partial charge is 0.0795 e. The largest absolute Gasteiger partial charge is 0.328 e. The third-order valence-corrected chi connectivity index (χ3v) is 3.05. The van der Waals surface area contributed by atoms with Crippen molar-refractivity contribution in [3.8, 4) is 0 Å². The van der Waals surface area contributed by atoms with Crippen LogP contribution in [0.15, 0.2) is 10.9 Å². The summed E-state index contributed by atoms with van der Waals surface area (Å²) in [6.45, 7) is 6.18. The first-order valence-electron chi connectivity index (χ1n) is 4.90. The second-order valence-electron chi connectivity index (χ2n) is 4.01. The van der Waals surface area contributed by atoms with Gasteiger partial charge in [0.05, 0.1) is 11.2 Å². The van der Waals surface area contributed by atoms with Gasteiger partial charge in [0, 0.05) is 24.5 Å². The molecule has 0 spiro atoms. The SMILES string of the molecule is CC(N)C(C)CN(C)Cc1cscn1. The number of nitrogens with zero attached hydrogens (tertiary/aromatic N) is 2. The summed E-state index contributed by atoms with van der Waals surface area (Å²) in [7, 11) is 2.11. The van der Waals surface area contributed by atoms with Crippen molar-refractivity contribution < 1.29 is 0 Å². The van der Waals surface area contributed by atoms with Crippen LogP contribution in [-0.4, -0.2) is 29.5 Å². The normalized spacial score (nSPS) is 15.8. The number of hydrogen-bond donors (Lipinski definition) is 1. The lowest BCUT2D eigenvalue weighted by Gasteiger charge is -2.22. The maximum atomic E-state index is 5.82. The molecule has 1 aromatic rings. The molecule has 2 N–H and O–H groups in total. The van der Waals surface area contributed by atoms with Crippen molar-refractivity contribution in [2.24, 2.45) is 11.7 Å². The van der Waals surface area contributed by atoms with E-state index in [2.05, 4.69) is 36.2 Å². The average Bonchev–Trinajstić information content (AvgIpc) is 2.56. The van der Waals surface area contributed by atoms with Crippen LogP contribution in [0.3, 0.4) is 0 Å². The van der Waals surface area contributed by atoms with Crippen molar-refractivity contribution in [3.63, 3.8) is 0 Å². The lowest BCUT2D eigenvalue weighted by Crippen LogP contribution is -2.34. The summed E-state index contributed by atoms with van der Waals surface area (Å²) in [5.74, 6) is 0.527. The lowest BCUT2D eigenvalue weighted by molar-refractivity contribution is 0.260. The molecule has 2 unspecified atom stereocenters. The summed E-state index contributed by atoms with van der Waals surface area (Å²) in [6.07, 6.45) is 0. The Kier molecular flexibility index (Phi) is 4.51. The highest BCUT2D eigenvalue weighted by Crippen LogP contribution is 2.07. The zero-order chi connectivity index (χ0) is 10.6. The summed E-state index contributed by atoms with van der Waals surface area (Å²) in [6, 6.07) is 0.257. The predicted molar refractivity (Wildman–Crippen MR) is 61.3 cm³/mol. The van der Waals surface area contributed by atoms with E-state index >= 15 is 0 Å². The van der Waals surface area contributed by atoms with Crippen molar-refractivity contribution in [2.75, 3.05) is 13.6 Å². The van der Waals surface area contributed by atoms with E-state index in [9.17, 15) is 0 Å². The molecular formula is C10H19N3S. The van der Waals surface area contributed by atoms with Gasteiger partial charge in [0.25, 0.3) is 0 Å². The van der Waals surface area contributed by atoms with Crippen molar-refractivity contribution in [1.29, 1.82) is 0 Å². The van der Waals surface area contributed by atoms with E-state index in [0.29, 0.717) is 5.92 Å². The summed E-state index contributed by atoms with van der Waals surface area (Å²) >= 11 is 1.64. The number of nitrogens with two attached hydrogens (primary N) is 1. The Balaban J connectivity index is 2.32. The first-order valence-corrected chi connectivity index (χ1v) is 5.85. The summed E-state index contributed by atoms with van der Waals surface area (Å²) < 4.78 is 0. The molecule has 0 fully saturated rings. The minimum Gasteiger partial charge on any atom is -0.328 e. The molecule has 0 bridgehead atoms. The van der Waals surface area contributed by atoms with Crippen LogP contribution in [-0.2, 0) is 6.54 Å². The molecule has 1 rings (SSSR count). The zero-order valence-corrected chi connectivity index (χ0v) is 9.92. The monoisotopic (exact) mass is 213 g/mol. The maximum Gasteiger partial charge on any atom is 0.0795 e. The van der Waals surface area contributed by atoms with Crippen LogP contribution in [0.25, 0.3) is 0 Å². The van der Waals surface area contributed by atoms with Gasteiger partial charge in [-0.2, -0.15) is 0 Å². The van der Waals surface area contributed by atoms with E-state index in [4.69, 9.17) is 5.73 Å². The fourth-order valence-corrected chi connectivity index (χ4v) is 1.86. The quantitative estimate of drug-likeness (QED) is 0.807. The molecule has 1 heterocycles. The van der Waals surface area contributed by atoms with E-state index in [1.807, 2.05) is 5.51 Å². The molecule has 0 aliphatic carbocycles. The minimum absolute atomic E-state index is 0.257. The standard InChI is InChI=1S/C10H19N3S/c1-8(9(2)11)4-13(3)5-10-6-14-7-12-10/h6-9H,4-5,11H2,1-3H3. The first-order chi connectivity index (χ1) is 6.59. The van der Waals surface area contributed by atoms with Gasteiger partial charge in [-0.3, -0.25) is 0 Å². The molecule has 0 aliphatic rings. The van der Waals surface area contributed by atoms with E-state index in [1.165, 1.54) is 0 Å². The topological polar surface area (TPSA) is 42.1 Å². The molecule has 14 heavy (non-hydrogen) atoms. The Hall–Kier alpha value is -0.450. The van der Waals surface area contributed by atoms with Crippen LogP contribution in [0.2, 0.25) is 0 Å². The third kappa shape index (κ3) is 3.74. The first kappa shape index (κ1) is 11.6. The lowest BCUT2D eigenvalue weighted by atomic mass is 10.0. The van der Waals surface area contributed by atoms with E-state index in [0.717, 1.165) is 18.8 Å². The molecular weight excluding hydrogens is 194 g/mol. The second kappa shape index (κ2) is 5.44. The Morgan fingerprint density at radius 2 is 2.29 bits per heavy atom. The van der Waals surface area contributed by atoms with Gasteiger partial charge in [0.2, 0.25) is 0 Å². The molecule has 80 valence electrons. The van der Waals surface area contributed by atoms with Crippen molar-refractivity contribution in [2.45, 2.75) is 26.4 Å². The van der Waals surface area contributed by atoms with Gasteiger partial charge in [0.15, 0.2) is 0 Å². The molecule has 0 aromatic carbocycles. The van der Waals surface area contributed by atoms with Crippen molar-refractivity contribution in [3.05, 3.63) is 16.6 Å². The Morgan fingerprint density at radius 1 is 1.57 bits per heavy atom. The van der Waals surface area contributed by atoms with Gasteiger partial charge in [0.1, 0.15) is 0 Å². The predicted octanol–water partition coefficient (Wildman–Crippen LogP) is 1.56. The Labute approximate surface area is 89.9 Å². The summed E-state index contributed by atoms with van der Waals surface area (Å²) in [5, 5.41) is 2.09. The molecule has 0 aliphatic heterocycles. The van der Waals surface area contributed by atoms with Crippen molar-refractivity contribution >= 4 is 11.3 Å². The number of aromatic nitrogens is 1. The Bertz CT molecular complexity index is 246. The van der Waals surface area contributed by atoms with E-state index in [1.54, 1.807) is 11.3 Å². The van der Waals surface area contributed by atoms with Crippen molar-refractivity contribution in [1.82, 2.24) is 9.88 Å². The van der Waals surface area contributed by atoms with Gasteiger partial charge in [-0.1, -0.05) is 6.92 Å². The third-order valence-electron chi connectivity index (χ3n) is 2.41. The number of rotatable bonds is 5. The molecule has 0 saturated carbocycles. The van der Waals surface area contributed by atoms with Gasteiger partial charge < -0.3 is 10.6 Å². The van der Waals surface area contributed by atoms with Crippen LogP contribution in [0.4, 0.5) is 0 Å². The molecule has 4 heteroatoms. The molecule has 2 atom stereocenters. The molecule has 0 radical (unpaired) electrons. The highest BCUT2D eigenvalue weighted by atomic mass is 32.1. The second-order valence-corrected chi connectivity index (χ2v) is 4.73. The van der Waals surface area contributed by atoms with Crippen LogP contribution in [0.5, 0.6) is 0 Å². The van der Waals surface area contributed by atoms with E-state index < -0.39 is 0 Å². The van der Waals surface area contributed by atoms with Gasteiger partial charge in [-0.15, -0.1) is 11.3 Å². The summed E-state index contributed by atoms with van der Waals surface area (Å²) in [4.78, 5) is 6.52. The zero-order valence-electron chi connectivity index (χ0n) is 9.10. The minimum atomic E-state index is 0.257. The average molecular weight is 213 g/mol. The molecule has 1 aromatic heterocycles.